The van der Waals surface area contributed by atoms with Crippen molar-refractivity contribution in [3.63, 3.8) is 0 Å². The topological polar surface area (TPSA) is 75.8 Å². The van der Waals surface area contributed by atoms with E-state index in [0.29, 0.717) is 23.5 Å². The zero-order chi connectivity index (χ0) is 19.0. The van der Waals surface area contributed by atoms with E-state index in [4.69, 9.17) is 4.74 Å². The van der Waals surface area contributed by atoms with Gasteiger partial charge >= 0.3 is 6.18 Å². The van der Waals surface area contributed by atoms with Crippen molar-refractivity contribution in [2.24, 2.45) is 0 Å². The second kappa shape index (κ2) is 6.55. The van der Waals surface area contributed by atoms with Crippen LogP contribution in [0.5, 0.6) is 5.75 Å². The summed E-state index contributed by atoms with van der Waals surface area (Å²) in [4.78, 5) is 8.12. The van der Waals surface area contributed by atoms with Gasteiger partial charge in [-0.15, -0.1) is 0 Å². The smallest absolute Gasteiger partial charge is 0.417 e. The van der Waals surface area contributed by atoms with Gasteiger partial charge in [0.25, 0.3) is 0 Å². The number of hydrogen-bond donors (Lipinski definition) is 1. The maximum absolute atomic E-state index is 13.4. The number of nitriles is 1. The number of nitrogens with one attached hydrogen (secondary N) is 1. The Morgan fingerprint density at radius 1 is 1.30 bits per heavy atom. The van der Waals surface area contributed by atoms with Gasteiger partial charge < -0.3 is 10.1 Å². The molecule has 0 amide bonds. The summed E-state index contributed by atoms with van der Waals surface area (Å²) in [7, 11) is 0. The third-order valence-corrected chi connectivity index (χ3v) is 4.45. The van der Waals surface area contributed by atoms with E-state index in [9.17, 15) is 18.4 Å². The highest BCUT2D eigenvalue weighted by Gasteiger charge is 2.36. The summed E-state index contributed by atoms with van der Waals surface area (Å²) in [6, 6.07) is 3.96. The summed E-state index contributed by atoms with van der Waals surface area (Å²) in [6.07, 6.45) is 1.94. The molecule has 4 rings (SSSR count). The molecular formula is C18H14F3N5O. The van der Waals surface area contributed by atoms with Gasteiger partial charge in [0.1, 0.15) is 17.9 Å². The average Bonchev–Trinajstić information content (AvgIpc) is 3.29. The molecule has 1 fully saturated rings. The maximum Gasteiger partial charge on any atom is 0.417 e. The molecule has 1 atom stereocenters. The highest BCUT2D eigenvalue weighted by molar-refractivity contribution is 5.93. The molecule has 9 heteroatoms. The summed E-state index contributed by atoms with van der Waals surface area (Å²) in [5.74, 6) is 0.715. The van der Waals surface area contributed by atoms with Crippen LogP contribution in [0.15, 0.2) is 36.9 Å². The number of hydrogen-bond acceptors (Lipinski definition) is 5. The Hall–Kier alpha value is -3.12. The number of nitrogens with zero attached hydrogens (tertiary/aromatic N) is 4. The maximum atomic E-state index is 13.4. The third kappa shape index (κ3) is 3.08. The molecule has 0 bridgehead atoms. The van der Waals surface area contributed by atoms with Crippen LogP contribution in [-0.4, -0.2) is 33.7 Å². The monoisotopic (exact) mass is 373 g/mol. The molecule has 1 aliphatic rings. The Bertz CT molecular complexity index is 1020. The van der Waals surface area contributed by atoms with Crippen LogP contribution in [0, 0.1) is 11.3 Å². The van der Waals surface area contributed by atoms with Crippen molar-refractivity contribution >= 4 is 10.9 Å². The van der Waals surface area contributed by atoms with Gasteiger partial charge in [0.05, 0.1) is 29.0 Å². The Balaban J connectivity index is 1.97. The molecular weight excluding hydrogens is 359 g/mol. The summed E-state index contributed by atoms with van der Waals surface area (Å²) >= 11 is 0. The Morgan fingerprint density at radius 3 is 2.78 bits per heavy atom. The van der Waals surface area contributed by atoms with Gasteiger partial charge in [-0.05, 0) is 25.1 Å². The minimum atomic E-state index is -4.65. The fourth-order valence-electron chi connectivity index (χ4n) is 3.24. The van der Waals surface area contributed by atoms with Crippen LogP contribution in [0.3, 0.4) is 0 Å². The first kappa shape index (κ1) is 17.3. The minimum Gasteiger partial charge on any atom is -0.487 e. The highest BCUT2D eigenvalue weighted by Crippen LogP contribution is 2.40. The van der Waals surface area contributed by atoms with E-state index in [2.05, 4.69) is 15.3 Å². The number of halogens is 3. The molecule has 1 aromatic carbocycles. The molecule has 1 unspecified atom stereocenters. The molecule has 0 radical (unpaired) electrons. The SMILES string of the molecule is N#Cc1c(C(F)(F)F)ccc2c(OC3CCNC3)cn(-c3cnccn3)c12. The summed E-state index contributed by atoms with van der Waals surface area (Å²) in [6.45, 7) is 1.47. The van der Waals surface area contributed by atoms with Crippen LogP contribution in [0.4, 0.5) is 13.2 Å². The Kier molecular flexibility index (Phi) is 4.20. The van der Waals surface area contributed by atoms with E-state index < -0.39 is 17.3 Å². The first-order chi connectivity index (χ1) is 13.0. The van der Waals surface area contributed by atoms with Crippen molar-refractivity contribution < 1.29 is 17.9 Å². The van der Waals surface area contributed by atoms with Crippen LogP contribution in [0.25, 0.3) is 16.7 Å². The predicted octanol–water partition coefficient (Wildman–Crippen LogP) is 3.05. The van der Waals surface area contributed by atoms with Gasteiger partial charge in [-0.3, -0.25) is 9.55 Å². The molecule has 6 nitrogen and oxygen atoms in total. The van der Waals surface area contributed by atoms with E-state index in [1.54, 1.807) is 12.3 Å². The number of fused-ring (bicyclic) bond motifs is 1. The molecule has 2 aromatic heterocycles. The van der Waals surface area contributed by atoms with Crippen LogP contribution in [0.1, 0.15) is 17.5 Å². The van der Waals surface area contributed by atoms with Gasteiger partial charge in [0.15, 0.2) is 5.82 Å². The normalized spacial score (nSPS) is 17.2. The standard InChI is InChI=1S/C18H14F3N5O/c19-18(20,21)14-2-1-12-15(27-11-3-4-23-8-11)10-26(17(12)13(14)7-22)16-9-24-5-6-25-16/h1-2,5-6,9-11,23H,3-4,8H2. The molecule has 0 saturated carbocycles. The van der Waals surface area contributed by atoms with Crippen molar-refractivity contribution in [2.75, 3.05) is 13.1 Å². The van der Waals surface area contributed by atoms with Crippen LogP contribution in [-0.2, 0) is 6.18 Å². The second-order valence-electron chi connectivity index (χ2n) is 6.15. The first-order valence-corrected chi connectivity index (χ1v) is 8.28. The van der Waals surface area contributed by atoms with E-state index in [-0.39, 0.29) is 11.6 Å². The lowest BCUT2D eigenvalue weighted by Crippen LogP contribution is -2.19. The summed E-state index contributed by atoms with van der Waals surface area (Å²) in [5, 5.41) is 13.1. The second-order valence-corrected chi connectivity index (χ2v) is 6.15. The van der Waals surface area contributed by atoms with Gasteiger partial charge in [-0.2, -0.15) is 18.4 Å². The van der Waals surface area contributed by atoms with Crippen LogP contribution < -0.4 is 10.1 Å². The fraction of sp³-hybridized carbons (Fsp3) is 0.278. The molecule has 3 heterocycles. The van der Waals surface area contributed by atoms with E-state index in [1.165, 1.54) is 29.2 Å². The number of rotatable bonds is 3. The molecule has 1 aliphatic heterocycles. The van der Waals surface area contributed by atoms with Gasteiger partial charge in [-0.25, -0.2) is 4.98 Å². The number of benzene rings is 1. The van der Waals surface area contributed by atoms with Crippen molar-refractivity contribution in [1.82, 2.24) is 19.9 Å². The van der Waals surface area contributed by atoms with Crippen molar-refractivity contribution in [2.45, 2.75) is 18.7 Å². The van der Waals surface area contributed by atoms with E-state index in [0.717, 1.165) is 19.0 Å². The molecule has 1 N–H and O–H groups in total. The molecule has 3 aromatic rings. The lowest BCUT2D eigenvalue weighted by atomic mass is 10.0. The lowest BCUT2D eigenvalue weighted by Gasteiger charge is -2.12. The van der Waals surface area contributed by atoms with Crippen molar-refractivity contribution in [3.05, 3.63) is 48.0 Å². The molecule has 1 saturated heterocycles. The number of aromatic nitrogens is 3. The molecule has 27 heavy (non-hydrogen) atoms. The first-order valence-electron chi connectivity index (χ1n) is 8.28. The quantitative estimate of drug-likeness (QED) is 0.764. The zero-order valence-electron chi connectivity index (χ0n) is 14.0. The zero-order valence-corrected chi connectivity index (χ0v) is 14.0. The highest BCUT2D eigenvalue weighted by atomic mass is 19.4. The molecule has 138 valence electrons. The van der Waals surface area contributed by atoms with Crippen LogP contribution >= 0.6 is 0 Å². The largest absolute Gasteiger partial charge is 0.487 e. The lowest BCUT2D eigenvalue weighted by molar-refractivity contribution is -0.137. The number of ether oxygens (including phenoxy) is 1. The van der Waals surface area contributed by atoms with Gasteiger partial charge in [-0.1, -0.05) is 0 Å². The van der Waals surface area contributed by atoms with E-state index in [1.807, 2.05) is 0 Å². The van der Waals surface area contributed by atoms with Crippen LogP contribution in [0.2, 0.25) is 0 Å². The average molecular weight is 373 g/mol. The van der Waals surface area contributed by atoms with E-state index >= 15 is 0 Å². The van der Waals surface area contributed by atoms with Gasteiger partial charge in [0.2, 0.25) is 0 Å². The van der Waals surface area contributed by atoms with Crippen molar-refractivity contribution in [3.8, 4) is 17.6 Å². The molecule has 0 aliphatic carbocycles. The molecule has 0 spiro atoms. The fourth-order valence-corrected chi connectivity index (χ4v) is 3.24. The summed E-state index contributed by atoms with van der Waals surface area (Å²) < 4.78 is 47.6. The van der Waals surface area contributed by atoms with Crippen molar-refractivity contribution in [1.29, 1.82) is 5.26 Å². The predicted molar refractivity (Wildman–Crippen MR) is 90.5 cm³/mol. The minimum absolute atomic E-state index is 0.0845. The van der Waals surface area contributed by atoms with Gasteiger partial charge in [0, 0.05) is 24.3 Å². The third-order valence-electron chi connectivity index (χ3n) is 4.45. The Morgan fingerprint density at radius 2 is 2.15 bits per heavy atom. The summed E-state index contributed by atoms with van der Waals surface area (Å²) in [5.41, 5.74) is -1.35. The Labute approximate surface area is 152 Å². The number of alkyl halides is 3.